The Morgan fingerprint density at radius 3 is 1.73 bits per heavy atom. The molecule has 5 nitrogen and oxygen atoms in total. The van der Waals surface area contributed by atoms with Crippen LogP contribution in [0.25, 0.3) is 104 Å². The summed E-state index contributed by atoms with van der Waals surface area (Å²) in [6.07, 6.45) is 1.91. The molecule has 0 bridgehead atoms. The number of ether oxygens (including phenoxy) is 1. The summed E-state index contributed by atoms with van der Waals surface area (Å²) in [6.45, 7) is 8.92. The molecule has 17 rings (SSSR count). The SMILES string of the molecule is CC(C)(C)c1ccnc(-n2c3[c-]c(Oc4[c-]c(N5[CH-]n6c7ccccc7c7ccccc7c7cc(-c8ccc9c(c8)-c8ccccc8C98c9ccccc9-c9ccccc98)ccc7c7cccc5c76)ccc4)ccc3c3ccccc32)c1.[Pt]. The van der Waals surface area contributed by atoms with Crippen molar-refractivity contribution >= 4 is 76.5 Å². The van der Waals surface area contributed by atoms with Crippen LogP contribution in [0, 0.1) is 18.8 Å². The summed E-state index contributed by atoms with van der Waals surface area (Å²) < 4.78 is 11.3. The molecular formula is C77H51N4OPt-3. The molecule has 6 heteroatoms. The molecule has 1 spiro atoms. The summed E-state index contributed by atoms with van der Waals surface area (Å²) in [4.78, 5) is 7.15. The van der Waals surface area contributed by atoms with Gasteiger partial charge in [-0.3, -0.25) is 0 Å². The number of hydrogen-bond donors (Lipinski definition) is 0. The quantitative estimate of drug-likeness (QED) is 0.161. The standard InChI is InChI=1S/C77H51N4O.Pt/c1-76(2,3)50-40-41-78-74(44-50)81-71-32-15-10-26-61(71)62-38-36-53(46-73(62)81)82-52-19-16-18-51(45-52)79-47-80-70-31-14-9-25-60(70)54-20-4-5-21-55(54)64-42-48(34-37-56(64)63-27-17-33-72(79)75(63)80)49-35-39-69-65(43-49)59-24-8-13-30-68(59)77(69)66-28-11-6-22-57(66)58-23-7-12-29-67(58)77;/h4-44,47H,1-3H3;/q-3;. The second kappa shape index (κ2) is 18.4. The molecule has 14 aromatic rings. The Morgan fingerprint density at radius 1 is 0.446 bits per heavy atom. The van der Waals surface area contributed by atoms with Crippen LogP contribution in [0.1, 0.15) is 48.6 Å². The van der Waals surface area contributed by atoms with Gasteiger partial charge < -0.3 is 18.8 Å². The number of nitrogens with zero attached hydrogens (tertiary/aromatic N) is 4. The van der Waals surface area contributed by atoms with E-state index in [9.17, 15) is 0 Å². The molecule has 0 saturated heterocycles. The zero-order valence-electron chi connectivity index (χ0n) is 45.8. The van der Waals surface area contributed by atoms with E-state index in [-0.39, 0.29) is 31.9 Å². The van der Waals surface area contributed by atoms with Gasteiger partial charge in [-0.25, -0.2) is 4.98 Å². The second-order valence-corrected chi connectivity index (χ2v) is 23.1. The fourth-order valence-electron chi connectivity index (χ4n) is 14.1. The third kappa shape index (κ3) is 7.17. The van der Waals surface area contributed by atoms with Crippen molar-refractivity contribution in [1.29, 1.82) is 0 Å². The van der Waals surface area contributed by atoms with Gasteiger partial charge in [0.05, 0.1) is 5.41 Å². The Bertz CT molecular complexity index is 5090. The molecule has 2 aliphatic carbocycles. The molecule has 0 N–H and O–H groups in total. The molecular weight excluding hydrogens is 1190 g/mol. The van der Waals surface area contributed by atoms with Crippen LogP contribution in [-0.2, 0) is 31.9 Å². The van der Waals surface area contributed by atoms with Gasteiger partial charge >= 0.3 is 0 Å². The zero-order valence-corrected chi connectivity index (χ0v) is 48.0. The largest absolute Gasteiger partial charge is 0.509 e. The van der Waals surface area contributed by atoms with Crippen molar-refractivity contribution in [2.24, 2.45) is 0 Å². The average Bonchev–Trinajstić information content (AvgIpc) is 2.13. The molecule has 0 fully saturated rings. The van der Waals surface area contributed by atoms with Gasteiger partial charge in [0.25, 0.3) is 0 Å². The minimum Gasteiger partial charge on any atom is -0.509 e. The molecule has 398 valence electrons. The summed E-state index contributed by atoms with van der Waals surface area (Å²) in [5.41, 5.74) is 19.8. The van der Waals surface area contributed by atoms with Crippen LogP contribution >= 0.6 is 0 Å². The third-order valence-corrected chi connectivity index (χ3v) is 17.7. The van der Waals surface area contributed by atoms with Crippen LogP contribution in [0.15, 0.2) is 249 Å². The van der Waals surface area contributed by atoms with E-state index in [1.54, 1.807) is 0 Å². The molecule has 4 heterocycles. The fraction of sp³-hybridized carbons (Fsp3) is 0.0649. The molecule has 83 heavy (non-hydrogen) atoms. The van der Waals surface area contributed by atoms with Gasteiger partial charge in [0.15, 0.2) is 0 Å². The number of hydrogen-bond acceptors (Lipinski definition) is 3. The van der Waals surface area contributed by atoms with Crippen molar-refractivity contribution in [3.8, 4) is 50.7 Å². The molecule has 3 aromatic heterocycles. The van der Waals surface area contributed by atoms with Gasteiger partial charge in [-0.1, -0.05) is 213 Å². The van der Waals surface area contributed by atoms with E-state index in [1.165, 1.54) is 77.4 Å². The summed E-state index contributed by atoms with van der Waals surface area (Å²) in [5.74, 6) is 2.03. The zero-order chi connectivity index (χ0) is 54.4. The number of pyridine rings is 1. The first-order chi connectivity index (χ1) is 40.3. The fourth-order valence-corrected chi connectivity index (χ4v) is 14.1. The van der Waals surface area contributed by atoms with E-state index in [1.807, 2.05) is 24.4 Å². The topological polar surface area (TPSA) is 35.2 Å². The smallest absolute Gasteiger partial charge is 0.135 e. The average molecular weight is 1240 g/mol. The van der Waals surface area contributed by atoms with Crippen molar-refractivity contribution in [1.82, 2.24) is 14.1 Å². The van der Waals surface area contributed by atoms with Gasteiger partial charge in [0.1, 0.15) is 5.82 Å². The first-order valence-electron chi connectivity index (χ1n) is 28.3. The van der Waals surface area contributed by atoms with Crippen molar-refractivity contribution in [3.63, 3.8) is 0 Å². The molecule has 1 aliphatic heterocycles. The monoisotopic (exact) mass is 1240 g/mol. The van der Waals surface area contributed by atoms with Crippen LogP contribution in [-0.4, -0.2) is 14.1 Å². The van der Waals surface area contributed by atoms with Crippen molar-refractivity contribution in [2.45, 2.75) is 31.6 Å². The number of fused-ring (bicyclic) bond motifs is 20. The first-order valence-corrected chi connectivity index (χ1v) is 28.3. The summed E-state index contributed by atoms with van der Waals surface area (Å²) in [6, 6.07) is 96.3. The molecule has 0 saturated carbocycles. The summed E-state index contributed by atoms with van der Waals surface area (Å²) >= 11 is 0. The van der Waals surface area contributed by atoms with Crippen LogP contribution < -0.4 is 9.64 Å². The Morgan fingerprint density at radius 2 is 1.00 bits per heavy atom. The maximum atomic E-state index is 6.77. The minimum atomic E-state index is -0.389. The molecule has 0 atom stereocenters. The summed E-state index contributed by atoms with van der Waals surface area (Å²) in [5, 5.41) is 9.22. The van der Waals surface area contributed by atoms with E-state index in [4.69, 9.17) is 9.72 Å². The number of rotatable bonds is 5. The maximum Gasteiger partial charge on any atom is 0.135 e. The summed E-state index contributed by atoms with van der Waals surface area (Å²) in [7, 11) is 0. The Hall–Kier alpha value is -9.67. The second-order valence-electron chi connectivity index (χ2n) is 23.1. The van der Waals surface area contributed by atoms with E-state index < -0.39 is 0 Å². The molecule has 0 unspecified atom stereocenters. The van der Waals surface area contributed by atoms with E-state index in [0.29, 0.717) is 11.5 Å². The van der Waals surface area contributed by atoms with E-state index in [2.05, 4.69) is 278 Å². The molecule has 0 radical (unpaired) electrons. The first kappa shape index (κ1) is 49.2. The van der Waals surface area contributed by atoms with Crippen LogP contribution in [0.3, 0.4) is 0 Å². The van der Waals surface area contributed by atoms with Crippen LogP contribution in [0.2, 0.25) is 0 Å². The van der Waals surface area contributed by atoms with Crippen LogP contribution in [0.4, 0.5) is 11.4 Å². The Labute approximate surface area is 495 Å². The van der Waals surface area contributed by atoms with E-state index >= 15 is 0 Å². The Kier molecular flexibility index (Phi) is 10.9. The van der Waals surface area contributed by atoms with Crippen molar-refractivity contribution in [3.05, 3.63) is 295 Å². The normalized spacial score (nSPS) is 13.3. The predicted molar refractivity (Wildman–Crippen MR) is 337 cm³/mol. The number of para-hydroxylation sites is 3. The minimum absolute atomic E-state index is 0. The van der Waals surface area contributed by atoms with Gasteiger partial charge in [-0.15, -0.1) is 35.7 Å². The molecule has 3 aliphatic rings. The predicted octanol–water partition coefficient (Wildman–Crippen LogP) is 19.5. The third-order valence-electron chi connectivity index (χ3n) is 17.7. The molecule has 11 aromatic carbocycles. The maximum absolute atomic E-state index is 6.77. The van der Waals surface area contributed by atoms with Gasteiger partial charge in [0.2, 0.25) is 0 Å². The van der Waals surface area contributed by atoms with Crippen molar-refractivity contribution < 1.29 is 25.8 Å². The van der Waals surface area contributed by atoms with E-state index in [0.717, 1.165) is 66.2 Å². The Balaban J connectivity index is 0.00000565. The number of benzene rings is 11. The number of anilines is 2. The number of aromatic nitrogens is 3. The van der Waals surface area contributed by atoms with Gasteiger partial charge in [0, 0.05) is 50.0 Å². The van der Waals surface area contributed by atoms with Gasteiger partial charge in [-0.2, -0.15) is 12.1 Å². The molecule has 0 amide bonds. The van der Waals surface area contributed by atoms with Crippen LogP contribution in [0.5, 0.6) is 11.5 Å². The van der Waals surface area contributed by atoms with Crippen molar-refractivity contribution in [2.75, 3.05) is 4.90 Å². The van der Waals surface area contributed by atoms with Gasteiger partial charge in [-0.05, 0) is 153 Å².